The molecule has 0 saturated carbocycles. The van der Waals surface area contributed by atoms with Crippen LogP contribution in [0.15, 0.2) is 0 Å². The van der Waals surface area contributed by atoms with Gasteiger partial charge in [0.05, 0.1) is 0 Å². The van der Waals surface area contributed by atoms with Crippen molar-refractivity contribution in [2.45, 2.75) is 45.7 Å². The minimum absolute atomic E-state index is 0.0283. The highest BCUT2D eigenvalue weighted by Crippen LogP contribution is 2.28. The smallest absolute Gasteiger partial charge is 0.282 e. The second-order valence-electron chi connectivity index (χ2n) is 6.07. The van der Waals surface area contributed by atoms with Crippen molar-refractivity contribution in [3.05, 3.63) is 0 Å². The van der Waals surface area contributed by atoms with E-state index in [-0.39, 0.29) is 12.1 Å². The van der Waals surface area contributed by atoms with Gasteiger partial charge in [0, 0.05) is 31.7 Å². The fourth-order valence-electron chi connectivity index (χ4n) is 3.20. The third-order valence-electron chi connectivity index (χ3n) is 4.21. The zero-order valence-corrected chi connectivity index (χ0v) is 12.4. The van der Waals surface area contributed by atoms with E-state index in [0.717, 1.165) is 12.8 Å². The van der Waals surface area contributed by atoms with Crippen molar-refractivity contribution in [2.75, 3.05) is 19.6 Å². The fraction of sp³-hybridized carbons (Fsp3) is 1.00. The fourth-order valence-corrected chi connectivity index (χ4v) is 5.30. The topological polar surface area (TPSA) is 66.6 Å². The maximum absolute atomic E-state index is 12.6. The van der Waals surface area contributed by atoms with E-state index in [9.17, 15) is 8.42 Å². The average Bonchev–Trinajstić information content (AvgIpc) is 2.58. The first-order chi connectivity index (χ1) is 8.32. The molecule has 106 valence electrons. The molecule has 0 bridgehead atoms. The van der Waals surface area contributed by atoms with Gasteiger partial charge in [-0.05, 0) is 31.6 Å². The Kier molecular flexibility index (Phi) is 4.02. The summed E-state index contributed by atoms with van der Waals surface area (Å²) in [5, 5.41) is 0. The van der Waals surface area contributed by atoms with Gasteiger partial charge in [-0.3, -0.25) is 0 Å². The molecule has 0 spiro atoms. The van der Waals surface area contributed by atoms with Crippen LogP contribution < -0.4 is 5.73 Å². The molecule has 2 aliphatic rings. The minimum atomic E-state index is -3.32. The maximum atomic E-state index is 12.6. The first-order valence-corrected chi connectivity index (χ1v) is 8.24. The molecule has 4 atom stereocenters. The molecule has 2 rings (SSSR count). The third-order valence-corrected chi connectivity index (χ3v) is 6.27. The Balaban J connectivity index is 2.15. The molecule has 0 aromatic heterocycles. The normalized spacial score (nSPS) is 40.2. The van der Waals surface area contributed by atoms with Crippen LogP contribution in [-0.4, -0.2) is 48.7 Å². The van der Waals surface area contributed by atoms with Crippen LogP contribution >= 0.6 is 0 Å². The van der Waals surface area contributed by atoms with Gasteiger partial charge in [-0.15, -0.1) is 0 Å². The lowest BCUT2D eigenvalue weighted by molar-refractivity contribution is 0.207. The van der Waals surface area contributed by atoms with Crippen LogP contribution in [-0.2, 0) is 10.2 Å². The van der Waals surface area contributed by atoms with E-state index in [1.807, 2.05) is 6.92 Å². The predicted molar refractivity (Wildman–Crippen MR) is 72.2 cm³/mol. The molecule has 2 heterocycles. The lowest BCUT2D eigenvalue weighted by atomic mass is 9.94. The summed E-state index contributed by atoms with van der Waals surface area (Å²) in [6.07, 6.45) is 1.88. The monoisotopic (exact) mass is 275 g/mol. The minimum Gasteiger partial charge on any atom is -0.326 e. The second kappa shape index (κ2) is 5.07. The summed E-state index contributed by atoms with van der Waals surface area (Å²) in [6, 6.07) is -0.109. The van der Waals surface area contributed by atoms with Crippen molar-refractivity contribution in [2.24, 2.45) is 17.6 Å². The summed E-state index contributed by atoms with van der Waals surface area (Å²) in [5.74, 6) is 0.880. The molecule has 2 N–H and O–H groups in total. The van der Waals surface area contributed by atoms with Gasteiger partial charge in [0.1, 0.15) is 0 Å². The number of piperidine rings is 1. The van der Waals surface area contributed by atoms with Crippen LogP contribution in [0, 0.1) is 11.8 Å². The Labute approximate surface area is 110 Å². The molecule has 5 nitrogen and oxygen atoms in total. The van der Waals surface area contributed by atoms with Crippen molar-refractivity contribution in [3.8, 4) is 0 Å². The molecule has 0 amide bonds. The van der Waals surface area contributed by atoms with Crippen LogP contribution in [0.5, 0.6) is 0 Å². The quantitative estimate of drug-likeness (QED) is 0.804. The molecule has 4 unspecified atom stereocenters. The first-order valence-electron chi connectivity index (χ1n) is 6.85. The Morgan fingerprint density at radius 2 is 1.67 bits per heavy atom. The van der Waals surface area contributed by atoms with Crippen molar-refractivity contribution in [1.29, 1.82) is 0 Å². The van der Waals surface area contributed by atoms with Gasteiger partial charge in [-0.2, -0.15) is 17.0 Å². The number of nitrogens with zero attached hydrogens (tertiary/aromatic N) is 2. The summed E-state index contributed by atoms with van der Waals surface area (Å²) >= 11 is 0. The Hall–Kier alpha value is -0.170. The second-order valence-corrected chi connectivity index (χ2v) is 7.96. The van der Waals surface area contributed by atoms with Crippen LogP contribution in [0.25, 0.3) is 0 Å². The molecular formula is C12H25N3O2S. The summed E-state index contributed by atoms with van der Waals surface area (Å²) in [6.45, 7) is 8.00. The maximum Gasteiger partial charge on any atom is 0.282 e. The van der Waals surface area contributed by atoms with Crippen molar-refractivity contribution >= 4 is 10.2 Å². The number of hydrogen-bond donors (Lipinski definition) is 1. The van der Waals surface area contributed by atoms with Crippen LogP contribution in [0.1, 0.15) is 33.6 Å². The molecule has 0 radical (unpaired) electrons. The number of nitrogens with two attached hydrogens (primary N) is 1. The Morgan fingerprint density at radius 1 is 1.11 bits per heavy atom. The molecule has 2 saturated heterocycles. The van der Waals surface area contributed by atoms with Gasteiger partial charge in [-0.1, -0.05) is 13.8 Å². The SMILES string of the molecule is CC1CC(C)CN(S(=O)(=O)N2CCC(N)C2C)C1. The lowest BCUT2D eigenvalue weighted by Crippen LogP contribution is -2.51. The standard InChI is InChI=1S/C12H25N3O2S/c1-9-6-10(2)8-14(7-9)18(16,17)15-5-4-12(13)11(15)3/h9-12H,4-8,13H2,1-3H3. The highest BCUT2D eigenvalue weighted by atomic mass is 32.2. The van der Waals surface area contributed by atoms with Gasteiger partial charge < -0.3 is 5.73 Å². The van der Waals surface area contributed by atoms with Crippen molar-refractivity contribution in [3.63, 3.8) is 0 Å². The van der Waals surface area contributed by atoms with E-state index in [4.69, 9.17) is 5.73 Å². The third kappa shape index (κ3) is 2.57. The summed E-state index contributed by atoms with van der Waals surface area (Å²) < 4.78 is 28.5. The van der Waals surface area contributed by atoms with Gasteiger partial charge in [0.2, 0.25) is 0 Å². The summed E-state index contributed by atoms with van der Waals surface area (Å²) in [7, 11) is -3.32. The summed E-state index contributed by atoms with van der Waals surface area (Å²) in [4.78, 5) is 0. The first kappa shape index (κ1) is 14.2. The zero-order valence-electron chi connectivity index (χ0n) is 11.5. The van der Waals surface area contributed by atoms with Crippen LogP contribution in [0.4, 0.5) is 0 Å². The number of rotatable bonds is 2. The summed E-state index contributed by atoms with van der Waals surface area (Å²) in [5.41, 5.74) is 5.92. The predicted octanol–water partition coefficient (Wildman–Crippen LogP) is 0.631. The van der Waals surface area contributed by atoms with E-state index in [0.29, 0.717) is 31.5 Å². The van der Waals surface area contributed by atoms with E-state index in [1.54, 1.807) is 8.61 Å². The molecule has 0 aromatic carbocycles. The Bertz CT molecular complexity index is 388. The largest absolute Gasteiger partial charge is 0.326 e. The zero-order chi connectivity index (χ0) is 13.5. The molecule has 0 aliphatic carbocycles. The highest BCUT2D eigenvalue weighted by Gasteiger charge is 2.41. The molecule has 2 aliphatic heterocycles. The van der Waals surface area contributed by atoms with Crippen LogP contribution in [0.2, 0.25) is 0 Å². The Morgan fingerprint density at radius 3 is 2.11 bits per heavy atom. The number of hydrogen-bond acceptors (Lipinski definition) is 3. The molecule has 0 aromatic rings. The van der Waals surface area contributed by atoms with Crippen LogP contribution in [0.3, 0.4) is 0 Å². The highest BCUT2D eigenvalue weighted by molar-refractivity contribution is 7.86. The molecule has 18 heavy (non-hydrogen) atoms. The van der Waals surface area contributed by atoms with E-state index in [2.05, 4.69) is 13.8 Å². The van der Waals surface area contributed by atoms with Crippen molar-refractivity contribution < 1.29 is 8.42 Å². The van der Waals surface area contributed by atoms with Gasteiger partial charge in [0.15, 0.2) is 0 Å². The lowest BCUT2D eigenvalue weighted by Gasteiger charge is -2.37. The van der Waals surface area contributed by atoms with Crippen molar-refractivity contribution in [1.82, 2.24) is 8.61 Å². The molecule has 6 heteroatoms. The van der Waals surface area contributed by atoms with E-state index < -0.39 is 10.2 Å². The van der Waals surface area contributed by atoms with E-state index in [1.165, 1.54) is 0 Å². The van der Waals surface area contributed by atoms with Gasteiger partial charge in [-0.25, -0.2) is 0 Å². The average molecular weight is 275 g/mol. The van der Waals surface area contributed by atoms with E-state index >= 15 is 0 Å². The van der Waals surface area contributed by atoms with Gasteiger partial charge >= 0.3 is 0 Å². The van der Waals surface area contributed by atoms with Gasteiger partial charge in [0.25, 0.3) is 10.2 Å². The molecule has 2 fully saturated rings. The molecular weight excluding hydrogens is 250 g/mol.